The third-order valence-corrected chi connectivity index (χ3v) is 3.76. The summed E-state index contributed by atoms with van der Waals surface area (Å²) in [6.07, 6.45) is 1.98. The van der Waals surface area contributed by atoms with Gasteiger partial charge in [0, 0.05) is 23.1 Å². The van der Waals surface area contributed by atoms with Crippen LogP contribution in [0.3, 0.4) is 0 Å². The van der Waals surface area contributed by atoms with Gasteiger partial charge in [-0.1, -0.05) is 11.6 Å². The van der Waals surface area contributed by atoms with E-state index in [1.807, 2.05) is 13.0 Å². The Morgan fingerprint density at radius 1 is 1.50 bits per heavy atom. The molecule has 88 valence electrons. The highest BCUT2D eigenvalue weighted by Gasteiger charge is 2.49. The minimum atomic E-state index is -0.123. The number of benzene rings is 1. The van der Waals surface area contributed by atoms with E-state index in [9.17, 15) is 5.11 Å². The monoisotopic (exact) mass is 241 g/mol. The topological polar surface area (TPSA) is 55.5 Å². The van der Waals surface area contributed by atoms with Crippen LogP contribution in [0.5, 0.6) is 11.5 Å². The second-order valence-corrected chi connectivity index (χ2v) is 4.86. The van der Waals surface area contributed by atoms with Crippen molar-refractivity contribution in [2.75, 3.05) is 7.11 Å². The van der Waals surface area contributed by atoms with Crippen molar-refractivity contribution in [2.24, 2.45) is 5.73 Å². The van der Waals surface area contributed by atoms with Crippen molar-refractivity contribution >= 4 is 11.6 Å². The fourth-order valence-corrected chi connectivity index (χ4v) is 2.39. The Morgan fingerprint density at radius 3 is 2.56 bits per heavy atom. The van der Waals surface area contributed by atoms with E-state index in [0.717, 1.165) is 18.4 Å². The molecule has 0 aromatic heterocycles. The maximum atomic E-state index is 10.00. The van der Waals surface area contributed by atoms with Crippen LogP contribution in [0.4, 0.5) is 0 Å². The fourth-order valence-electron chi connectivity index (χ4n) is 2.18. The first-order chi connectivity index (χ1) is 7.51. The van der Waals surface area contributed by atoms with Crippen molar-refractivity contribution in [2.45, 2.75) is 31.2 Å². The Hall–Kier alpha value is -0.930. The predicted octanol–water partition coefficient (Wildman–Crippen LogP) is 2.43. The zero-order valence-electron chi connectivity index (χ0n) is 9.46. The summed E-state index contributed by atoms with van der Waals surface area (Å²) in [7, 11) is 1.58. The van der Waals surface area contributed by atoms with Crippen molar-refractivity contribution in [3.63, 3.8) is 0 Å². The first-order valence-corrected chi connectivity index (χ1v) is 5.71. The summed E-state index contributed by atoms with van der Waals surface area (Å²) in [4.78, 5) is 0. The van der Waals surface area contributed by atoms with Crippen LogP contribution in [-0.4, -0.2) is 18.3 Å². The molecule has 1 fully saturated rings. The average molecular weight is 242 g/mol. The number of hydrogen-bond donors (Lipinski definition) is 2. The van der Waals surface area contributed by atoms with Crippen molar-refractivity contribution in [1.82, 2.24) is 0 Å². The molecule has 0 saturated heterocycles. The highest BCUT2D eigenvalue weighted by Crippen LogP contribution is 2.55. The first kappa shape index (κ1) is 11.6. The van der Waals surface area contributed by atoms with Gasteiger partial charge >= 0.3 is 0 Å². The van der Waals surface area contributed by atoms with Crippen LogP contribution < -0.4 is 10.5 Å². The van der Waals surface area contributed by atoms with Crippen molar-refractivity contribution in [1.29, 1.82) is 0 Å². The fraction of sp³-hybridized carbons (Fsp3) is 0.500. The minimum absolute atomic E-state index is 0.00146. The first-order valence-electron chi connectivity index (χ1n) is 5.34. The summed E-state index contributed by atoms with van der Waals surface area (Å²) in [5.74, 6) is 0.794. The number of hydrogen-bond acceptors (Lipinski definition) is 3. The number of halogens is 1. The van der Waals surface area contributed by atoms with E-state index in [2.05, 4.69) is 0 Å². The molecule has 0 bridgehead atoms. The summed E-state index contributed by atoms with van der Waals surface area (Å²) in [5, 5.41) is 10.3. The van der Waals surface area contributed by atoms with Gasteiger partial charge in [0.25, 0.3) is 0 Å². The van der Waals surface area contributed by atoms with Gasteiger partial charge in [-0.25, -0.2) is 0 Å². The molecule has 0 spiro atoms. The second kappa shape index (κ2) is 3.82. The predicted molar refractivity (Wildman–Crippen MR) is 64.2 cm³/mol. The molecule has 1 aliphatic carbocycles. The zero-order chi connectivity index (χ0) is 11.9. The quantitative estimate of drug-likeness (QED) is 0.855. The van der Waals surface area contributed by atoms with Gasteiger partial charge in [-0.3, -0.25) is 0 Å². The van der Waals surface area contributed by atoms with Crippen molar-refractivity contribution in [3.8, 4) is 11.5 Å². The van der Waals surface area contributed by atoms with E-state index in [1.165, 1.54) is 0 Å². The van der Waals surface area contributed by atoms with Gasteiger partial charge in [0.2, 0.25) is 0 Å². The summed E-state index contributed by atoms with van der Waals surface area (Å²) >= 11 is 5.97. The lowest BCUT2D eigenvalue weighted by Gasteiger charge is -2.22. The molecule has 0 radical (unpaired) electrons. The van der Waals surface area contributed by atoms with E-state index in [4.69, 9.17) is 22.1 Å². The molecule has 0 amide bonds. The summed E-state index contributed by atoms with van der Waals surface area (Å²) in [6, 6.07) is 3.44. The highest BCUT2D eigenvalue weighted by atomic mass is 35.5. The molecule has 2 rings (SSSR count). The standard InChI is InChI=1S/C12H16ClNO2/c1-7(14)12(3-4-12)9-5-8(16-2)6-10(13)11(9)15/h5-7,15H,3-4,14H2,1-2H3. The lowest BCUT2D eigenvalue weighted by atomic mass is 9.88. The van der Waals surface area contributed by atoms with Gasteiger partial charge in [0.1, 0.15) is 11.5 Å². The van der Waals surface area contributed by atoms with E-state index in [1.54, 1.807) is 13.2 Å². The lowest BCUT2D eigenvalue weighted by molar-refractivity contribution is 0.406. The van der Waals surface area contributed by atoms with Gasteiger partial charge < -0.3 is 15.6 Å². The number of phenolic OH excluding ortho intramolecular Hbond substituents is 1. The zero-order valence-corrected chi connectivity index (χ0v) is 10.2. The van der Waals surface area contributed by atoms with Crippen LogP contribution in [-0.2, 0) is 5.41 Å². The Balaban J connectivity index is 2.52. The van der Waals surface area contributed by atoms with Gasteiger partial charge in [0.15, 0.2) is 0 Å². The molecule has 1 unspecified atom stereocenters. The molecular weight excluding hydrogens is 226 g/mol. The maximum Gasteiger partial charge on any atom is 0.138 e. The highest BCUT2D eigenvalue weighted by molar-refractivity contribution is 6.32. The van der Waals surface area contributed by atoms with Crippen molar-refractivity contribution in [3.05, 3.63) is 22.7 Å². The molecule has 0 aliphatic heterocycles. The number of aromatic hydroxyl groups is 1. The largest absolute Gasteiger partial charge is 0.506 e. The molecule has 0 heterocycles. The van der Waals surface area contributed by atoms with Gasteiger partial charge in [-0.2, -0.15) is 0 Å². The number of phenols is 1. The van der Waals surface area contributed by atoms with Crippen LogP contribution in [0.25, 0.3) is 0 Å². The summed E-state index contributed by atoms with van der Waals surface area (Å²) in [6.45, 7) is 1.96. The third kappa shape index (κ3) is 1.64. The number of methoxy groups -OCH3 is 1. The van der Waals surface area contributed by atoms with Crippen molar-refractivity contribution < 1.29 is 9.84 Å². The Bertz CT molecular complexity index is 414. The summed E-state index contributed by atoms with van der Waals surface area (Å²) < 4.78 is 5.16. The molecule has 1 aromatic carbocycles. The average Bonchev–Trinajstić information content (AvgIpc) is 3.02. The van der Waals surface area contributed by atoms with Gasteiger partial charge in [-0.15, -0.1) is 0 Å². The van der Waals surface area contributed by atoms with Crippen LogP contribution in [0.1, 0.15) is 25.3 Å². The third-order valence-electron chi connectivity index (χ3n) is 3.47. The lowest BCUT2D eigenvalue weighted by Crippen LogP contribution is -2.31. The van der Waals surface area contributed by atoms with Gasteiger partial charge in [-0.05, 0) is 25.8 Å². The molecule has 1 saturated carbocycles. The summed E-state index contributed by atoms with van der Waals surface area (Å²) in [5.41, 5.74) is 6.67. The molecule has 16 heavy (non-hydrogen) atoms. The van der Waals surface area contributed by atoms with Crippen LogP contribution in [0.2, 0.25) is 5.02 Å². The maximum absolute atomic E-state index is 10.00. The SMILES string of the molecule is COc1cc(Cl)c(O)c(C2(C(C)N)CC2)c1. The Labute approximate surface area is 100 Å². The Morgan fingerprint density at radius 2 is 2.12 bits per heavy atom. The molecule has 4 heteroatoms. The number of rotatable bonds is 3. The number of ether oxygens (including phenoxy) is 1. The van der Waals surface area contributed by atoms with E-state index in [-0.39, 0.29) is 17.2 Å². The molecule has 3 N–H and O–H groups in total. The van der Waals surface area contributed by atoms with E-state index in [0.29, 0.717) is 10.8 Å². The van der Waals surface area contributed by atoms with Gasteiger partial charge in [0.05, 0.1) is 12.1 Å². The molecule has 1 aromatic rings. The van der Waals surface area contributed by atoms with Crippen LogP contribution in [0, 0.1) is 0 Å². The molecule has 1 atom stereocenters. The van der Waals surface area contributed by atoms with Crippen LogP contribution in [0.15, 0.2) is 12.1 Å². The number of nitrogens with two attached hydrogens (primary N) is 1. The smallest absolute Gasteiger partial charge is 0.138 e. The van der Waals surface area contributed by atoms with Crippen LogP contribution >= 0.6 is 11.6 Å². The van der Waals surface area contributed by atoms with E-state index < -0.39 is 0 Å². The Kier molecular flexibility index (Phi) is 2.76. The normalized spacial score (nSPS) is 19.2. The van der Waals surface area contributed by atoms with E-state index >= 15 is 0 Å². The molecular formula is C12H16ClNO2. The second-order valence-electron chi connectivity index (χ2n) is 4.45. The minimum Gasteiger partial charge on any atom is -0.506 e. The molecule has 3 nitrogen and oxygen atoms in total. The molecule has 1 aliphatic rings.